The number of benzene rings is 2. The van der Waals surface area contributed by atoms with Gasteiger partial charge in [0, 0.05) is 13.1 Å². The van der Waals surface area contributed by atoms with Crippen LogP contribution in [0.25, 0.3) is 0 Å². The maximum atomic E-state index is 14.1. The Morgan fingerprint density at radius 1 is 1.00 bits per heavy atom. The van der Waals surface area contributed by atoms with E-state index in [0.717, 1.165) is 30.4 Å². The highest BCUT2D eigenvalue weighted by atomic mass is 16.6. The molecule has 3 unspecified atom stereocenters. The lowest BCUT2D eigenvalue weighted by atomic mass is 9.75. The van der Waals surface area contributed by atoms with E-state index in [0.29, 0.717) is 37.8 Å². The maximum absolute atomic E-state index is 14.1. The summed E-state index contributed by atoms with van der Waals surface area (Å²) in [5.74, 6) is -0.182. The Labute approximate surface area is 242 Å². The summed E-state index contributed by atoms with van der Waals surface area (Å²) in [6.45, 7) is 7.55. The molecule has 2 aliphatic carbocycles. The zero-order valence-electron chi connectivity index (χ0n) is 24.2. The number of rotatable bonds is 8. The first kappa shape index (κ1) is 27.8. The minimum Gasteiger partial charge on any atom is -0.480 e. The van der Waals surface area contributed by atoms with E-state index in [1.165, 1.54) is 4.90 Å². The summed E-state index contributed by atoms with van der Waals surface area (Å²) in [5, 5.41) is 10.3. The molecule has 2 aromatic carbocycles. The van der Waals surface area contributed by atoms with Crippen LogP contribution in [0.4, 0.5) is 4.79 Å². The standard InChI is InChI=1S/C33H41N3O5/c1-21(2)25-15-14-22(3)18-26(25)41-32(40)36-29-27(30(37)35(29)28(31(38)39)33(36)16-17-33)34(19-23-10-6-4-7-11-23)20-24-12-8-5-9-13-24/h4-13,21-22,25-29H,14-20H2,1-3H3,(H,38,39)/t22?,25?,26?,27-,28+,29-/m0/s1. The van der Waals surface area contributed by atoms with Crippen molar-refractivity contribution in [3.63, 3.8) is 0 Å². The molecule has 0 bridgehead atoms. The van der Waals surface area contributed by atoms with Crippen LogP contribution >= 0.6 is 0 Å². The van der Waals surface area contributed by atoms with Crippen LogP contribution in [0.15, 0.2) is 60.7 Å². The van der Waals surface area contributed by atoms with E-state index >= 15 is 0 Å². The molecule has 1 N–H and O–H groups in total. The monoisotopic (exact) mass is 559 g/mol. The van der Waals surface area contributed by atoms with Crippen molar-refractivity contribution in [1.82, 2.24) is 14.7 Å². The van der Waals surface area contributed by atoms with Crippen LogP contribution in [0.2, 0.25) is 0 Å². The Morgan fingerprint density at radius 3 is 2.10 bits per heavy atom. The Bertz CT molecular complexity index is 1240. The van der Waals surface area contributed by atoms with E-state index in [1.807, 2.05) is 60.7 Å². The van der Waals surface area contributed by atoms with Gasteiger partial charge >= 0.3 is 12.1 Å². The summed E-state index contributed by atoms with van der Waals surface area (Å²) in [4.78, 5) is 45.8. The quantitative estimate of drug-likeness (QED) is 0.452. The maximum Gasteiger partial charge on any atom is 0.412 e. The SMILES string of the molecule is CC1CCC(C(C)C)C(OC(=O)N2[C@H]3[C@H](N(Cc4ccccc4)Cc4ccccc4)C(=O)N3[C@H](C(=O)O)C23CC3)C1. The van der Waals surface area contributed by atoms with Gasteiger partial charge in [0.2, 0.25) is 5.91 Å². The molecule has 2 amide bonds. The van der Waals surface area contributed by atoms with Crippen LogP contribution in [0.1, 0.15) is 64.0 Å². The van der Waals surface area contributed by atoms with Crippen molar-refractivity contribution in [3.05, 3.63) is 71.8 Å². The predicted octanol–water partition coefficient (Wildman–Crippen LogP) is 5.12. The van der Waals surface area contributed by atoms with Gasteiger partial charge in [0.05, 0.1) is 5.54 Å². The lowest BCUT2D eigenvalue weighted by Crippen LogP contribution is -2.73. The molecule has 2 saturated heterocycles. The number of fused-ring (bicyclic) bond motifs is 1. The van der Waals surface area contributed by atoms with Gasteiger partial charge in [-0.05, 0) is 54.6 Å². The van der Waals surface area contributed by atoms with Crippen molar-refractivity contribution in [2.45, 2.75) is 95.9 Å². The first-order valence-electron chi connectivity index (χ1n) is 15.1. The van der Waals surface area contributed by atoms with Crippen molar-refractivity contribution >= 4 is 18.0 Å². The third-order valence-corrected chi connectivity index (χ3v) is 9.86. The number of β-lactam (4-membered cyclic amide) rings is 1. The summed E-state index contributed by atoms with van der Waals surface area (Å²) >= 11 is 0. The van der Waals surface area contributed by atoms with Crippen molar-refractivity contribution < 1.29 is 24.2 Å². The molecule has 41 heavy (non-hydrogen) atoms. The molecule has 6 rings (SSSR count). The largest absolute Gasteiger partial charge is 0.480 e. The van der Waals surface area contributed by atoms with Crippen LogP contribution in [0.5, 0.6) is 0 Å². The van der Waals surface area contributed by atoms with Gasteiger partial charge in [0.25, 0.3) is 0 Å². The van der Waals surface area contributed by atoms with Gasteiger partial charge in [-0.15, -0.1) is 0 Å². The molecule has 8 heteroatoms. The number of ether oxygens (including phenoxy) is 1. The van der Waals surface area contributed by atoms with Crippen LogP contribution in [0, 0.1) is 17.8 Å². The Kier molecular flexibility index (Phi) is 7.30. The van der Waals surface area contributed by atoms with E-state index in [4.69, 9.17) is 4.74 Å². The van der Waals surface area contributed by atoms with Gasteiger partial charge in [-0.2, -0.15) is 0 Å². The number of carboxylic acid groups (broad SMARTS) is 1. The number of carbonyl (C=O) groups is 3. The number of nitrogens with zero attached hydrogens (tertiary/aromatic N) is 3. The van der Waals surface area contributed by atoms with Crippen molar-refractivity contribution in [3.8, 4) is 0 Å². The molecule has 2 aliphatic heterocycles. The fraction of sp³-hybridized carbons (Fsp3) is 0.545. The highest BCUT2D eigenvalue weighted by Crippen LogP contribution is 2.57. The second-order valence-corrected chi connectivity index (χ2v) is 12.9. The number of hydrogen-bond donors (Lipinski definition) is 1. The minimum absolute atomic E-state index is 0.210. The fourth-order valence-corrected chi connectivity index (χ4v) is 7.63. The highest BCUT2D eigenvalue weighted by molar-refractivity contribution is 5.97. The van der Waals surface area contributed by atoms with Crippen LogP contribution < -0.4 is 0 Å². The van der Waals surface area contributed by atoms with E-state index < -0.39 is 35.9 Å². The molecule has 6 atom stereocenters. The molecule has 1 spiro atoms. The smallest absolute Gasteiger partial charge is 0.412 e. The average molecular weight is 560 g/mol. The highest BCUT2D eigenvalue weighted by Gasteiger charge is 2.77. The van der Waals surface area contributed by atoms with Crippen molar-refractivity contribution in [2.24, 2.45) is 17.8 Å². The lowest BCUT2D eigenvalue weighted by molar-refractivity contribution is -0.171. The predicted molar refractivity (Wildman–Crippen MR) is 153 cm³/mol. The van der Waals surface area contributed by atoms with Gasteiger partial charge in [0.1, 0.15) is 18.3 Å². The molecule has 2 heterocycles. The first-order chi connectivity index (χ1) is 19.7. The molecule has 4 fully saturated rings. The number of aliphatic carboxylic acids is 1. The van der Waals surface area contributed by atoms with E-state index in [2.05, 4.69) is 25.7 Å². The van der Waals surface area contributed by atoms with Crippen LogP contribution in [0.3, 0.4) is 0 Å². The second kappa shape index (κ2) is 10.8. The number of carboxylic acids is 1. The van der Waals surface area contributed by atoms with Gasteiger partial charge in [-0.25, -0.2) is 9.59 Å². The molecule has 0 aromatic heterocycles. The van der Waals surface area contributed by atoms with Crippen LogP contribution in [-0.4, -0.2) is 67.7 Å². The molecule has 4 aliphatic rings. The Hall–Kier alpha value is -3.39. The van der Waals surface area contributed by atoms with Crippen LogP contribution in [-0.2, 0) is 27.4 Å². The Balaban J connectivity index is 1.33. The van der Waals surface area contributed by atoms with Gasteiger partial charge < -0.3 is 14.7 Å². The third-order valence-electron chi connectivity index (χ3n) is 9.86. The third kappa shape index (κ3) is 4.90. The summed E-state index contributed by atoms with van der Waals surface area (Å²) in [6, 6.07) is 18.2. The molecule has 218 valence electrons. The van der Waals surface area contributed by atoms with Crippen molar-refractivity contribution in [2.75, 3.05) is 0 Å². The zero-order chi connectivity index (χ0) is 28.9. The van der Waals surface area contributed by atoms with E-state index in [9.17, 15) is 19.5 Å². The molecule has 0 radical (unpaired) electrons. The van der Waals surface area contributed by atoms with Crippen molar-refractivity contribution in [1.29, 1.82) is 0 Å². The Morgan fingerprint density at radius 2 is 1.59 bits per heavy atom. The topological polar surface area (TPSA) is 90.4 Å². The molecule has 2 saturated carbocycles. The molecular formula is C33H41N3O5. The number of carbonyl (C=O) groups excluding carboxylic acids is 2. The van der Waals surface area contributed by atoms with E-state index in [-0.39, 0.29) is 17.9 Å². The zero-order valence-corrected chi connectivity index (χ0v) is 24.2. The molecular weight excluding hydrogens is 518 g/mol. The summed E-state index contributed by atoms with van der Waals surface area (Å²) < 4.78 is 6.31. The van der Waals surface area contributed by atoms with Gasteiger partial charge in [-0.1, -0.05) is 87.9 Å². The van der Waals surface area contributed by atoms with E-state index in [1.54, 1.807) is 4.90 Å². The average Bonchev–Trinajstić information content (AvgIpc) is 3.67. The van der Waals surface area contributed by atoms with Gasteiger partial charge in [0.15, 0.2) is 6.04 Å². The number of hydrogen-bond acceptors (Lipinski definition) is 5. The number of amides is 2. The molecule has 2 aromatic rings. The lowest BCUT2D eigenvalue weighted by Gasteiger charge is -2.50. The minimum atomic E-state index is -1.06. The summed E-state index contributed by atoms with van der Waals surface area (Å²) in [5.41, 5.74) is 1.19. The molecule has 8 nitrogen and oxygen atoms in total. The van der Waals surface area contributed by atoms with Gasteiger partial charge in [-0.3, -0.25) is 14.6 Å². The fourth-order valence-electron chi connectivity index (χ4n) is 7.63. The first-order valence-corrected chi connectivity index (χ1v) is 15.1. The summed E-state index contributed by atoms with van der Waals surface area (Å²) in [6.07, 6.45) is 2.69. The second-order valence-electron chi connectivity index (χ2n) is 12.9. The normalized spacial score (nSPS) is 29.9. The summed E-state index contributed by atoms with van der Waals surface area (Å²) in [7, 11) is 0.